The average Bonchev–Trinajstić information content (AvgIpc) is 2.75. The van der Waals surface area contributed by atoms with Crippen LogP contribution < -0.4 is 25.1 Å². The molecule has 7 heteroatoms. The van der Waals surface area contributed by atoms with Crippen LogP contribution in [-0.2, 0) is 6.54 Å². The Balaban J connectivity index is 1.82. The number of nitrogens with zero attached hydrogens (tertiary/aromatic N) is 1. The van der Waals surface area contributed by atoms with Gasteiger partial charge in [0.25, 0.3) is 11.5 Å². The van der Waals surface area contributed by atoms with E-state index >= 15 is 0 Å². The SMILES string of the molecule is COc1ccc(NC(=O)c2ccc(=O)n(Cc3cc(OC)cc(OC)c3)c2)cc1. The number of carbonyl (C=O) groups excluding carboxylic acids is 1. The zero-order chi connectivity index (χ0) is 20.8. The van der Waals surface area contributed by atoms with Gasteiger partial charge in [0, 0.05) is 24.0 Å². The van der Waals surface area contributed by atoms with Crippen molar-refractivity contribution in [3.05, 3.63) is 82.3 Å². The first-order chi connectivity index (χ1) is 14.0. The molecule has 1 aromatic heterocycles. The summed E-state index contributed by atoms with van der Waals surface area (Å²) in [5, 5.41) is 2.81. The molecule has 0 bridgehead atoms. The normalized spacial score (nSPS) is 10.3. The van der Waals surface area contributed by atoms with Gasteiger partial charge in [0.15, 0.2) is 0 Å². The number of nitrogens with one attached hydrogen (secondary N) is 1. The minimum absolute atomic E-state index is 0.215. The van der Waals surface area contributed by atoms with Crippen molar-refractivity contribution in [3.8, 4) is 17.2 Å². The van der Waals surface area contributed by atoms with Crippen molar-refractivity contribution in [2.45, 2.75) is 6.54 Å². The summed E-state index contributed by atoms with van der Waals surface area (Å²) in [6.07, 6.45) is 1.53. The van der Waals surface area contributed by atoms with E-state index in [1.54, 1.807) is 51.7 Å². The monoisotopic (exact) mass is 394 g/mol. The second-order valence-corrected chi connectivity index (χ2v) is 6.29. The fraction of sp³-hybridized carbons (Fsp3) is 0.182. The first-order valence-electron chi connectivity index (χ1n) is 8.90. The van der Waals surface area contributed by atoms with Crippen LogP contribution in [0.15, 0.2) is 65.6 Å². The van der Waals surface area contributed by atoms with Crippen LogP contribution >= 0.6 is 0 Å². The molecule has 0 aliphatic rings. The molecule has 3 aromatic rings. The molecule has 0 aliphatic carbocycles. The number of hydrogen-bond acceptors (Lipinski definition) is 5. The molecular formula is C22H22N2O5. The Morgan fingerprint density at radius 3 is 2.07 bits per heavy atom. The highest BCUT2D eigenvalue weighted by Gasteiger charge is 2.10. The third-order valence-corrected chi connectivity index (χ3v) is 4.36. The van der Waals surface area contributed by atoms with Crippen molar-refractivity contribution < 1.29 is 19.0 Å². The lowest BCUT2D eigenvalue weighted by atomic mass is 10.2. The van der Waals surface area contributed by atoms with Gasteiger partial charge in [-0.3, -0.25) is 9.59 Å². The molecule has 0 unspecified atom stereocenters. The van der Waals surface area contributed by atoms with E-state index in [1.165, 1.54) is 22.9 Å². The molecule has 0 saturated carbocycles. The lowest BCUT2D eigenvalue weighted by molar-refractivity contribution is 0.102. The molecule has 0 saturated heterocycles. The summed E-state index contributed by atoms with van der Waals surface area (Å²) in [4.78, 5) is 24.9. The Bertz CT molecular complexity index is 1040. The van der Waals surface area contributed by atoms with Crippen molar-refractivity contribution in [1.82, 2.24) is 4.57 Å². The maximum atomic E-state index is 12.6. The van der Waals surface area contributed by atoms with Crippen LogP contribution in [0.25, 0.3) is 0 Å². The molecule has 1 N–H and O–H groups in total. The summed E-state index contributed by atoms with van der Waals surface area (Å²) < 4.78 is 17.1. The molecule has 0 fully saturated rings. The van der Waals surface area contributed by atoms with Crippen LogP contribution in [0.4, 0.5) is 5.69 Å². The molecule has 0 radical (unpaired) electrons. The van der Waals surface area contributed by atoms with Crippen LogP contribution in [0.1, 0.15) is 15.9 Å². The van der Waals surface area contributed by atoms with Gasteiger partial charge in [0.05, 0.1) is 33.4 Å². The van der Waals surface area contributed by atoms with Gasteiger partial charge in [0.2, 0.25) is 0 Å². The summed E-state index contributed by atoms with van der Waals surface area (Å²) in [6, 6.07) is 15.3. The highest BCUT2D eigenvalue weighted by molar-refractivity contribution is 6.04. The molecule has 1 amide bonds. The minimum Gasteiger partial charge on any atom is -0.497 e. The molecule has 0 atom stereocenters. The first kappa shape index (κ1) is 20.0. The topological polar surface area (TPSA) is 78.8 Å². The summed E-state index contributed by atoms with van der Waals surface area (Å²) in [5.41, 5.74) is 1.60. The number of benzene rings is 2. The predicted octanol–water partition coefficient (Wildman–Crippen LogP) is 3.17. The summed E-state index contributed by atoms with van der Waals surface area (Å²) in [5.74, 6) is 1.64. The van der Waals surface area contributed by atoms with Crippen LogP contribution in [0.5, 0.6) is 17.2 Å². The highest BCUT2D eigenvalue weighted by atomic mass is 16.5. The number of ether oxygens (including phenoxy) is 3. The van der Waals surface area contributed by atoms with Crippen LogP contribution in [0, 0.1) is 0 Å². The van der Waals surface area contributed by atoms with Crippen LogP contribution in [0.3, 0.4) is 0 Å². The lowest BCUT2D eigenvalue weighted by Gasteiger charge is -2.12. The second kappa shape index (κ2) is 8.97. The quantitative estimate of drug-likeness (QED) is 0.666. The van der Waals surface area contributed by atoms with E-state index in [0.717, 1.165) is 5.56 Å². The van der Waals surface area contributed by atoms with E-state index in [9.17, 15) is 9.59 Å². The molecule has 1 heterocycles. The van der Waals surface area contributed by atoms with Gasteiger partial charge < -0.3 is 24.1 Å². The van der Waals surface area contributed by atoms with E-state index < -0.39 is 0 Å². The molecule has 150 valence electrons. The minimum atomic E-state index is -0.313. The number of pyridine rings is 1. The maximum absolute atomic E-state index is 12.6. The molecule has 0 spiro atoms. The van der Waals surface area contributed by atoms with E-state index in [4.69, 9.17) is 14.2 Å². The summed E-state index contributed by atoms with van der Waals surface area (Å²) in [6.45, 7) is 0.274. The first-order valence-corrected chi connectivity index (χ1v) is 8.90. The standard InChI is InChI=1S/C22H22N2O5/c1-27-18-7-5-17(6-8-18)23-22(26)16-4-9-21(25)24(14-16)13-15-10-19(28-2)12-20(11-15)29-3/h4-12,14H,13H2,1-3H3,(H,23,26). The molecule has 29 heavy (non-hydrogen) atoms. The van der Waals surface area contributed by atoms with Gasteiger partial charge in [-0.1, -0.05) is 0 Å². The van der Waals surface area contributed by atoms with Gasteiger partial charge in [0.1, 0.15) is 17.2 Å². The Morgan fingerprint density at radius 1 is 0.862 bits per heavy atom. The zero-order valence-corrected chi connectivity index (χ0v) is 16.5. The Labute approximate surface area is 168 Å². The average molecular weight is 394 g/mol. The molecule has 2 aromatic carbocycles. The van der Waals surface area contributed by atoms with Gasteiger partial charge in [-0.05, 0) is 48.0 Å². The Kier molecular flexibility index (Phi) is 6.19. The summed E-state index contributed by atoms with van der Waals surface area (Å²) >= 11 is 0. The largest absolute Gasteiger partial charge is 0.497 e. The molecule has 0 aliphatic heterocycles. The molecular weight excluding hydrogens is 372 g/mol. The van der Waals surface area contributed by atoms with Crippen molar-refractivity contribution in [3.63, 3.8) is 0 Å². The van der Waals surface area contributed by atoms with E-state index in [2.05, 4.69) is 5.32 Å². The highest BCUT2D eigenvalue weighted by Crippen LogP contribution is 2.23. The fourth-order valence-corrected chi connectivity index (χ4v) is 2.82. The number of anilines is 1. The number of aromatic nitrogens is 1. The van der Waals surface area contributed by atoms with E-state index in [1.807, 2.05) is 12.1 Å². The van der Waals surface area contributed by atoms with Gasteiger partial charge >= 0.3 is 0 Å². The second-order valence-electron chi connectivity index (χ2n) is 6.29. The van der Waals surface area contributed by atoms with Crippen molar-refractivity contribution in [2.75, 3.05) is 26.6 Å². The molecule has 3 rings (SSSR count). The number of hydrogen-bond donors (Lipinski definition) is 1. The van der Waals surface area contributed by atoms with Gasteiger partial charge in [-0.2, -0.15) is 0 Å². The van der Waals surface area contributed by atoms with E-state index in [-0.39, 0.29) is 18.0 Å². The summed E-state index contributed by atoms with van der Waals surface area (Å²) in [7, 11) is 4.71. The Morgan fingerprint density at radius 2 is 1.48 bits per heavy atom. The van der Waals surface area contributed by atoms with Crippen LogP contribution in [0.2, 0.25) is 0 Å². The fourth-order valence-electron chi connectivity index (χ4n) is 2.82. The number of methoxy groups -OCH3 is 3. The third kappa shape index (κ3) is 4.95. The van der Waals surface area contributed by atoms with Crippen molar-refractivity contribution in [2.24, 2.45) is 0 Å². The van der Waals surface area contributed by atoms with Gasteiger partial charge in [-0.25, -0.2) is 0 Å². The maximum Gasteiger partial charge on any atom is 0.257 e. The number of carbonyl (C=O) groups is 1. The molecule has 7 nitrogen and oxygen atoms in total. The number of rotatable bonds is 7. The lowest BCUT2D eigenvalue weighted by Crippen LogP contribution is -2.22. The van der Waals surface area contributed by atoms with Crippen molar-refractivity contribution >= 4 is 11.6 Å². The van der Waals surface area contributed by atoms with Gasteiger partial charge in [-0.15, -0.1) is 0 Å². The van der Waals surface area contributed by atoms with Crippen LogP contribution in [-0.4, -0.2) is 31.8 Å². The number of amides is 1. The van der Waals surface area contributed by atoms with Crippen molar-refractivity contribution in [1.29, 1.82) is 0 Å². The third-order valence-electron chi connectivity index (χ3n) is 4.36. The Hall–Kier alpha value is -3.74. The zero-order valence-electron chi connectivity index (χ0n) is 16.5. The van der Waals surface area contributed by atoms with E-state index in [0.29, 0.717) is 28.5 Å². The predicted molar refractivity (Wildman–Crippen MR) is 110 cm³/mol. The smallest absolute Gasteiger partial charge is 0.257 e.